The molecule has 0 aliphatic rings. The van der Waals surface area contributed by atoms with Crippen LogP contribution < -0.4 is 0 Å². The standard InChI is InChI=1S/C48H28OS/c1-2-12-33-30(10-1)11-9-18-35(33)46-38-16-5-3-14-36(38)45(37-15-4-6-17-39(37)46)31-22-20-29(21-23-31)32-24-25-41-44(28-32)50-43-27-26-40-34-13-7-8-19-42(34)49-48(40)47(41)43/h1-28H. The van der Waals surface area contributed by atoms with Crippen LogP contribution in [0.2, 0.25) is 0 Å². The second-order valence-electron chi connectivity index (χ2n) is 13.2. The zero-order valence-corrected chi connectivity index (χ0v) is 27.8. The minimum Gasteiger partial charge on any atom is -0.455 e. The Kier molecular flexibility index (Phi) is 5.89. The number of hydrogen-bond acceptors (Lipinski definition) is 2. The normalized spacial score (nSPS) is 12.0. The maximum absolute atomic E-state index is 6.42. The summed E-state index contributed by atoms with van der Waals surface area (Å²) in [7, 11) is 0. The number of rotatable bonds is 3. The molecule has 232 valence electrons. The van der Waals surface area contributed by atoms with Crippen LogP contribution >= 0.6 is 11.3 Å². The van der Waals surface area contributed by atoms with Crippen LogP contribution in [-0.2, 0) is 0 Å². The van der Waals surface area contributed by atoms with Crippen molar-refractivity contribution in [2.45, 2.75) is 0 Å². The molecule has 0 unspecified atom stereocenters. The Morgan fingerprint density at radius 1 is 0.360 bits per heavy atom. The van der Waals surface area contributed by atoms with Crippen molar-refractivity contribution in [3.8, 4) is 33.4 Å². The third-order valence-corrected chi connectivity index (χ3v) is 11.6. The first-order chi connectivity index (χ1) is 24.8. The van der Waals surface area contributed by atoms with Crippen molar-refractivity contribution >= 4 is 85.8 Å². The van der Waals surface area contributed by atoms with Gasteiger partial charge in [-0.15, -0.1) is 11.3 Å². The van der Waals surface area contributed by atoms with Crippen molar-refractivity contribution in [1.82, 2.24) is 0 Å². The Morgan fingerprint density at radius 2 is 0.940 bits per heavy atom. The number of thiophene rings is 1. The molecule has 9 aromatic carbocycles. The fourth-order valence-electron chi connectivity index (χ4n) is 8.22. The van der Waals surface area contributed by atoms with Crippen LogP contribution in [0.15, 0.2) is 174 Å². The number of para-hydroxylation sites is 1. The first kappa shape index (κ1) is 27.7. The molecule has 0 aliphatic carbocycles. The number of benzene rings is 9. The van der Waals surface area contributed by atoms with Crippen LogP contribution in [-0.4, -0.2) is 0 Å². The lowest BCUT2D eigenvalue weighted by Crippen LogP contribution is -1.91. The van der Waals surface area contributed by atoms with Gasteiger partial charge >= 0.3 is 0 Å². The fraction of sp³-hybridized carbons (Fsp3) is 0. The SMILES string of the molecule is c1ccc2c(-c3c4ccccc4c(-c4ccc(-c5ccc6c(c5)sc5ccc7c8ccccc8oc7c56)cc4)c4ccccc34)cccc2c1. The van der Waals surface area contributed by atoms with Crippen molar-refractivity contribution < 1.29 is 4.42 Å². The summed E-state index contributed by atoms with van der Waals surface area (Å²) in [4.78, 5) is 0. The molecule has 2 aromatic heterocycles. The summed E-state index contributed by atoms with van der Waals surface area (Å²) in [6.07, 6.45) is 0. The third kappa shape index (κ3) is 4.00. The second kappa shape index (κ2) is 10.6. The van der Waals surface area contributed by atoms with Crippen molar-refractivity contribution in [2.24, 2.45) is 0 Å². The third-order valence-electron chi connectivity index (χ3n) is 10.5. The van der Waals surface area contributed by atoms with Gasteiger partial charge in [0.15, 0.2) is 0 Å². The Labute approximate surface area is 292 Å². The molecule has 0 saturated heterocycles. The van der Waals surface area contributed by atoms with Crippen molar-refractivity contribution in [1.29, 1.82) is 0 Å². The molecule has 0 fully saturated rings. The van der Waals surface area contributed by atoms with Crippen LogP contribution in [0.4, 0.5) is 0 Å². The highest BCUT2D eigenvalue weighted by Gasteiger charge is 2.19. The first-order valence-electron chi connectivity index (χ1n) is 17.1. The average molecular weight is 653 g/mol. The Bertz CT molecular complexity index is 3080. The predicted octanol–water partition coefficient (Wildman–Crippen LogP) is 14.4. The lowest BCUT2D eigenvalue weighted by atomic mass is 9.84. The van der Waals surface area contributed by atoms with Gasteiger partial charge in [0.05, 0.1) is 0 Å². The quantitative estimate of drug-likeness (QED) is 0.173. The van der Waals surface area contributed by atoms with Crippen molar-refractivity contribution in [2.75, 3.05) is 0 Å². The van der Waals surface area contributed by atoms with E-state index in [-0.39, 0.29) is 0 Å². The van der Waals surface area contributed by atoms with Gasteiger partial charge in [0.2, 0.25) is 0 Å². The summed E-state index contributed by atoms with van der Waals surface area (Å²) < 4.78 is 8.95. The highest BCUT2D eigenvalue weighted by Crippen LogP contribution is 2.46. The molecular formula is C48H28OS. The summed E-state index contributed by atoms with van der Waals surface area (Å²) in [5.74, 6) is 0. The molecule has 0 radical (unpaired) electrons. The maximum atomic E-state index is 6.42. The Morgan fingerprint density at radius 3 is 1.70 bits per heavy atom. The lowest BCUT2D eigenvalue weighted by molar-refractivity contribution is 0.673. The minimum absolute atomic E-state index is 0.940. The molecule has 0 saturated carbocycles. The van der Waals surface area contributed by atoms with Crippen LogP contribution in [0.5, 0.6) is 0 Å². The summed E-state index contributed by atoms with van der Waals surface area (Å²) >= 11 is 1.84. The van der Waals surface area contributed by atoms with E-state index in [9.17, 15) is 0 Å². The summed E-state index contributed by atoms with van der Waals surface area (Å²) in [6, 6.07) is 62.0. The Balaban J connectivity index is 1.06. The van der Waals surface area contributed by atoms with Gasteiger partial charge in [0.1, 0.15) is 11.2 Å². The van der Waals surface area contributed by atoms with E-state index in [2.05, 4.69) is 164 Å². The monoisotopic (exact) mass is 652 g/mol. The van der Waals surface area contributed by atoms with Crippen LogP contribution in [0, 0.1) is 0 Å². The summed E-state index contributed by atoms with van der Waals surface area (Å²) in [5.41, 5.74) is 9.43. The highest BCUT2D eigenvalue weighted by atomic mass is 32.1. The smallest absolute Gasteiger partial charge is 0.144 e. The molecule has 2 heterocycles. The maximum Gasteiger partial charge on any atom is 0.144 e. The zero-order chi connectivity index (χ0) is 32.8. The van der Waals surface area contributed by atoms with Gasteiger partial charge in [0.25, 0.3) is 0 Å². The van der Waals surface area contributed by atoms with Gasteiger partial charge in [-0.05, 0) is 90.0 Å². The van der Waals surface area contributed by atoms with Gasteiger partial charge in [-0.3, -0.25) is 0 Å². The average Bonchev–Trinajstić information content (AvgIpc) is 3.75. The van der Waals surface area contributed by atoms with E-state index in [1.54, 1.807) is 0 Å². The summed E-state index contributed by atoms with van der Waals surface area (Å²) in [6.45, 7) is 0. The molecule has 1 nitrogen and oxygen atoms in total. The molecule has 50 heavy (non-hydrogen) atoms. The van der Waals surface area contributed by atoms with Gasteiger partial charge in [-0.2, -0.15) is 0 Å². The van der Waals surface area contributed by atoms with E-state index >= 15 is 0 Å². The Hall–Kier alpha value is -6.22. The topological polar surface area (TPSA) is 13.1 Å². The fourth-order valence-corrected chi connectivity index (χ4v) is 9.37. The second-order valence-corrected chi connectivity index (χ2v) is 14.3. The van der Waals surface area contributed by atoms with Crippen LogP contribution in [0.1, 0.15) is 0 Å². The van der Waals surface area contributed by atoms with Crippen molar-refractivity contribution in [3.63, 3.8) is 0 Å². The van der Waals surface area contributed by atoms with E-state index in [1.807, 2.05) is 17.4 Å². The zero-order valence-electron chi connectivity index (χ0n) is 27.0. The molecule has 0 atom stereocenters. The lowest BCUT2D eigenvalue weighted by Gasteiger charge is -2.19. The van der Waals surface area contributed by atoms with E-state index in [0.717, 1.165) is 11.2 Å². The van der Waals surface area contributed by atoms with E-state index in [1.165, 1.54) is 96.6 Å². The number of furan rings is 1. The van der Waals surface area contributed by atoms with Gasteiger partial charge in [0, 0.05) is 30.9 Å². The molecule has 11 aromatic rings. The minimum atomic E-state index is 0.940. The molecule has 2 heteroatoms. The van der Waals surface area contributed by atoms with Gasteiger partial charge in [-0.25, -0.2) is 0 Å². The van der Waals surface area contributed by atoms with E-state index < -0.39 is 0 Å². The molecule has 0 spiro atoms. The predicted molar refractivity (Wildman–Crippen MR) is 215 cm³/mol. The molecule has 0 amide bonds. The molecule has 0 N–H and O–H groups in total. The summed E-state index contributed by atoms with van der Waals surface area (Å²) in [5, 5.41) is 12.4. The van der Waals surface area contributed by atoms with E-state index in [0.29, 0.717) is 0 Å². The van der Waals surface area contributed by atoms with Crippen LogP contribution in [0.25, 0.3) is 108 Å². The molecule has 0 bridgehead atoms. The van der Waals surface area contributed by atoms with Gasteiger partial charge < -0.3 is 4.42 Å². The first-order valence-corrected chi connectivity index (χ1v) is 17.9. The van der Waals surface area contributed by atoms with E-state index in [4.69, 9.17) is 4.42 Å². The van der Waals surface area contributed by atoms with Crippen molar-refractivity contribution in [3.05, 3.63) is 170 Å². The van der Waals surface area contributed by atoms with Crippen LogP contribution in [0.3, 0.4) is 0 Å². The number of hydrogen-bond donors (Lipinski definition) is 0. The molecule has 0 aliphatic heterocycles. The molecular weight excluding hydrogens is 625 g/mol. The highest BCUT2D eigenvalue weighted by molar-refractivity contribution is 7.26. The van der Waals surface area contributed by atoms with Gasteiger partial charge in [-0.1, -0.05) is 146 Å². The molecule has 11 rings (SSSR count). The number of fused-ring (bicyclic) bond motifs is 10. The largest absolute Gasteiger partial charge is 0.455 e.